The van der Waals surface area contributed by atoms with E-state index in [0.29, 0.717) is 28.4 Å². The van der Waals surface area contributed by atoms with E-state index < -0.39 is 0 Å². The van der Waals surface area contributed by atoms with Gasteiger partial charge in [-0.2, -0.15) is 4.99 Å². The first-order valence-electron chi connectivity index (χ1n) is 8.50. The highest BCUT2D eigenvalue weighted by atomic mass is 32.1. The first kappa shape index (κ1) is 18.9. The summed E-state index contributed by atoms with van der Waals surface area (Å²) >= 11 is 1.50. The van der Waals surface area contributed by atoms with E-state index in [0.717, 1.165) is 15.8 Å². The van der Waals surface area contributed by atoms with Crippen molar-refractivity contribution < 1.29 is 14.3 Å². The summed E-state index contributed by atoms with van der Waals surface area (Å²) in [6, 6.07) is 9.29. The van der Waals surface area contributed by atoms with Crippen molar-refractivity contribution in [2.24, 2.45) is 4.99 Å². The first-order chi connectivity index (χ1) is 13.0. The van der Waals surface area contributed by atoms with E-state index in [1.54, 1.807) is 32.4 Å². The van der Waals surface area contributed by atoms with E-state index in [2.05, 4.69) is 37.6 Å². The lowest BCUT2D eigenvalue weighted by atomic mass is 10.1. The zero-order valence-electron chi connectivity index (χ0n) is 15.9. The van der Waals surface area contributed by atoms with Gasteiger partial charge in [-0.05, 0) is 43.2 Å². The maximum atomic E-state index is 12.8. The summed E-state index contributed by atoms with van der Waals surface area (Å²) in [4.78, 5) is 17.9. The number of benzene rings is 2. The van der Waals surface area contributed by atoms with Gasteiger partial charge in [0, 0.05) is 18.2 Å². The fourth-order valence-corrected chi connectivity index (χ4v) is 4.27. The van der Waals surface area contributed by atoms with Crippen molar-refractivity contribution in [1.29, 1.82) is 0 Å². The molecule has 1 heterocycles. The number of fused-ring (bicyclic) bond motifs is 1. The van der Waals surface area contributed by atoms with Crippen LogP contribution in [0.5, 0.6) is 11.5 Å². The normalized spacial score (nSPS) is 11.6. The standard InChI is InChI=1S/C21H22N2O3S/c1-6-7-23-19-14(3)8-13(2)9-18(19)27-21(23)22-20(24)15-10-16(25-4)12-17(11-15)26-5/h6,8-12H,1,7H2,2-5H3. The van der Waals surface area contributed by atoms with Gasteiger partial charge in [0.25, 0.3) is 5.91 Å². The summed E-state index contributed by atoms with van der Waals surface area (Å²) in [5.74, 6) is 0.760. The molecule has 0 unspecified atom stereocenters. The quantitative estimate of drug-likeness (QED) is 0.620. The molecule has 140 valence electrons. The SMILES string of the molecule is C=CCn1c(=NC(=O)c2cc(OC)cc(OC)c2)sc2cc(C)cc(C)c21. The average molecular weight is 382 g/mol. The molecule has 6 heteroatoms. The third kappa shape index (κ3) is 3.80. The predicted molar refractivity (Wildman–Crippen MR) is 109 cm³/mol. The Labute approximate surface area is 162 Å². The van der Waals surface area contributed by atoms with Gasteiger partial charge in [0.05, 0.1) is 24.4 Å². The van der Waals surface area contributed by atoms with Crippen LogP contribution >= 0.6 is 11.3 Å². The molecule has 0 radical (unpaired) electrons. The highest BCUT2D eigenvalue weighted by Gasteiger charge is 2.13. The van der Waals surface area contributed by atoms with E-state index in [-0.39, 0.29) is 5.91 Å². The fraction of sp³-hybridized carbons (Fsp3) is 0.238. The number of allylic oxidation sites excluding steroid dienone is 1. The maximum absolute atomic E-state index is 12.8. The van der Waals surface area contributed by atoms with Gasteiger partial charge in [-0.15, -0.1) is 6.58 Å². The summed E-state index contributed by atoms with van der Waals surface area (Å²) < 4.78 is 13.6. The number of methoxy groups -OCH3 is 2. The molecule has 27 heavy (non-hydrogen) atoms. The number of amides is 1. The van der Waals surface area contributed by atoms with Crippen LogP contribution in [0.3, 0.4) is 0 Å². The minimum Gasteiger partial charge on any atom is -0.497 e. The van der Waals surface area contributed by atoms with Gasteiger partial charge in [-0.3, -0.25) is 4.79 Å². The van der Waals surface area contributed by atoms with Crippen molar-refractivity contribution in [3.63, 3.8) is 0 Å². The molecule has 0 fully saturated rings. The van der Waals surface area contributed by atoms with Crippen LogP contribution in [-0.4, -0.2) is 24.7 Å². The van der Waals surface area contributed by atoms with E-state index in [4.69, 9.17) is 9.47 Å². The minimum atomic E-state index is -0.342. The van der Waals surface area contributed by atoms with Gasteiger partial charge in [0.15, 0.2) is 4.80 Å². The molecule has 3 rings (SSSR count). The Balaban J connectivity index is 2.18. The molecule has 0 saturated carbocycles. The highest BCUT2D eigenvalue weighted by molar-refractivity contribution is 7.16. The second-order valence-electron chi connectivity index (χ2n) is 6.23. The van der Waals surface area contributed by atoms with Crippen molar-refractivity contribution in [2.45, 2.75) is 20.4 Å². The Hall–Kier alpha value is -2.86. The van der Waals surface area contributed by atoms with E-state index in [1.165, 1.54) is 16.9 Å². The van der Waals surface area contributed by atoms with E-state index in [9.17, 15) is 4.79 Å². The predicted octanol–water partition coefficient (Wildman–Crippen LogP) is 4.26. The number of ether oxygens (including phenoxy) is 2. The molecular formula is C21H22N2O3S. The number of hydrogen-bond acceptors (Lipinski definition) is 4. The Kier molecular flexibility index (Phi) is 5.46. The number of thiazole rings is 1. The lowest BCUT2D eigenvalue weighted by Gasteiger charge is -2.06. The Morgan fingerprint density at radius 3 is 2.41 bits per heavy atom. The zero-order valence-corrected chi connectivity index (χ0v) is 16.7. The van der Waals surface area contributed by atoms with Gasteiger partial charge in [0.2, 0.25) is 0 Å². The van der Waals surface area contributed by atoms with Gasteiger partial charge >= 0.3 is 0 Å². The van der Waals surface area contributed by atoms with Crippen LogP contribution in [0, 0.1) is 13.8 Å². The lowest BCUT2D eigenvalue weighted by molar-refractivity contribution is 0.0997. The van der Waals surface area contributed by atoms with Crippen LogP contribution in [0.2, 0.25) is 0 Å². The number of carbonyl (C=O) groups excluding carboxylic acids is 1. The van der Waals surface area contributed by atoms with Gasteiger partial charge < -0.3 is 14.0 Å². The zero-order chi connectivity index (χ0) is 19.6. The van der Waals surface area contributed by atoms with Gasteiger partial charge in [-0.1, -0.05) is 23.5 Å². The number of aromatic nitrogens is 1. The van der Waals surface area contributed by atoms with Crippen LogP contribution in [-0.2, 0) is 6.54 Å². The van der Waals surface area contributed by atoms with Crippen molar-refractivity contribution in [2.75, 3.05) is 14.2 Å². The fourth-order valence-electron chi connectivity index (χ4n) is 3.06. The number of hydrogen-bond donors (Lipinski definition) is 0. The second kappa shape index (κ2) is 7.80. The molecule has 0 N–H and O–H groups in total. The monoisotopic (exact) mass is 382 g/mol. The summed E-state index contributed by atoms with van der Waals surface area (Å²) in [7, 11) is 3.10. The van der Waals surface area contributed by atoms with Crippen molar-refractivity contribution in [3.05, 3.63) is 64.5 Å². The first-order valence-corrected chi connectivity index (χ1v) is 9.32. The highest BCUT2D eigenvalue weighted by Crippen LogP contribution is 2.25. The molecule has 0 atom stereocenters. The molecule has 0 aliphatic heterocycles. The Morgan fingerprint density at radius 1 is 1.15 bits per heavy atom. The molecule has 1 amide bonds. The molecule has 0 aliphatic carbocycles. The van der Waals surface area contributed by atoms with E-state index >= 15 is 0 Å². The minimum absolute atomic E-state index is 0.342. The summed E-state index contributed by atoms with van der Waals surface area (Å²) in [5.41, 5.74) is 3.84. The van der Waals surface area contributed by atoms with Crippen LogP contribution in [0.15, 0.2) is 48.0 Å². The molecule has 0 bridgehead atoms. The van der Waals surface area contributed by atoms with Crippen LogP contribution in [0.4, 0.5) is 0 Å². The molecule has 0 aliphatic rings. The van der Waals surface area contributed by atoms with Crippen molar-refractivity contribution >= 4 is 27.5 Å². The number of aryl methyl sites for hydroxylation is 2. The Morgan fingerprint density at radius 2 is 1.81 bits per heavy atom. The van der Waals surface area contributed by atoms with Crippen LogP contribution < -0.4 is 14.3 Å². The van der Waals surface area contributed by atoms with Crippen molar-refractivity contribution in [1.82, 2.24) is 4.57 Å². The number of rotatable bonds is 5. The molecule has 0 saturated heterocycles. The third-order valence-corrected chi connectivity index (χ3v) is 5.24. The van der Waals surface area contributed by atoms with Crippen molar-refractivity contribution in [3.8, 4) is 11.5 Å². The molecule has 0 spiro atoms. The molecule has 3 aromatic rings. The number of nitrogens with zero attached hydrogens (tertiary/aromatic N) is 2. The van der Waals surface area contributed by atoms with E-state index in [1.807, 2.05) is 10.6 Å². The summed E-state index contributed by atoms with van der Waals surface area (Å²) in [6.07, 6.45) is 1.81. The molecule has 2 aromatic carbocycles. The third-order valence-electron chi connectivity index (χ3n) is 4.22. The topological polar surface area (TPSA) is 52.8 Å². The maximum Gasteiger partial charge on any atom is 0.279 e. The van der Waals surface area contributed by atoms with Gasteiger partial charge in [0.1, 0.15) is 11.5 Å². The molecule has 1 aromatic heterocycles. The molecule has 5 nitrogen and oxygen atoms in total. The largest absolute Gasteiger partial charge is 0.497 e. The molecular weight excluding hydrogens is 360 g/mol. The lowest BCUT2D eigenvalue weighted by Crippen LogP contribution is -2.16. The van der Waals surface area contributed by atoms with Gasteiger partial charge in [-0.25, -0.2) is 0 Å². The smallest absolute Gasteiger partial charge is 0.279 e. The van der Waals surface area contributed by atoms with Crippen LogP contribution in [0.25, 0.3) is 10.2 Å². The average Bonchev–Trinajstić information content (AvgIpc) is 2.98. The summed E-state index contributed by atoms with van der Waals surface area (Å²) in [6.45, 7) is 8.55. The number of carbonyl (C=O) groups is 1. The van der Waals surface area contributed by atoms with Crippen LogP contribution in [0.1, 0.15) is 21.5 Å². The Bertz CT molecular complexity index is 1070. The summed E-state index contributed by atoms with van der Waals surface area (Å²) in [5, 5.41) is 0. The second-order valence-corrected chi connectivity index (χ2v) is 7.24.